The number of para-hydroxylation sites is 1. The van der Waals surface area contributed by atoms with Crippen LogP contribution < -0.4 is 5.32 Å². The number of nitrogens with zero attached hydrogens (tertiary/aromatic N) is 3. The zero-order valence-electron chi connectivity index (χ0n) is 9.89. The molecule has 1 amide bonds. The van der Waals surface area contributed by atoms with E-state index < -0.39 is 0 Å². The Kier molecular flexibility index (Phi) is 3.49. The molecule has 0 spiro atoms. The summed E-state index contributed by atoms with van der Waals surface area (Å²) in [6.07, 6.45) is 1.50. The molecule has 0 saturated heterocycles. The number of aromatic amines is 1. The van der Waals surface area contributed by atoms with Crippen LogP contribution in [0.1, 0.15) is 10.5 Å². The first-order valence-electron chi connectivity index (χ1n) is 5.57. The van der Waals surface area contributed by atoms with Crippen molar-refractivity contribution in [3.05, 3.63) is 45.4 Å². The lowest BCUT2D eigenvalue weighted by Crippen LogP contribution is -2.14. The number of anilines is 1. The Morgan fingerprint density at radius 3 is 2.85 bits per heavy atom. The Balaban J connectivity index is 1.93. The van der Waals surface area contributed by atoms with Crippen molar-refractivity contribution >= 4 is 54.5 Å². The summed E-state index contributed by atoms with van der Waals surface area (Å²) >= 11 is 6.44. The van der Waals surface area contributed by atoms with Gasteiger partial charge in [0.15, 0.2) is 11.5 Å². The summed E-state index contributed by atoms with van der Waals surface area (Å²) in [4.78, 5) is 20.4. The van der Waals surface area contributed by atoms with Gasteiger partial charge in [-0.1, -0.05) is 18.2 Å². The Morgan fingerprint density at radius 1 is 1.25 bits per heavy atom. The Hall–Kier alpha value is -1.80. The molecule has 0 aliphatic rings. The van der Waals surface area contributed by atoms with Gasteiger partial charge in [0.1, 0.15) is 9.21 Å². The first-order valence-corrected chi connectivity index (χ1v) is 7.16. The standard InChI is InChI=1S/C12H7Br2N5O/c13-8-5-15-11(10(14)16-8)17-12(20)9-6-3-1-2-4-7(6)18-19-9/h1-5H,(H,18,19)(H,15,17,20). The third-order valence-electron chi connectivity index (χ3n) is 2.62. The number of halogens is 2. The molecule has 6 nitrogen and oxygen atoms in total. The number of hydrogen-bond donors (Lipinski definition) is 2. The van der Waals surface area contributed by atoms with Gasteiger partial charge in [0, 0.05) is 5.39 Å². The van der Waals surface area contributed by atoms with Crippen LogP contribution in [0.25, 0.3) is 10.9 Å². The first kappa shape index (κ1) is 13.2. The monoisotopic (exact) mass is 395 g/mol. The molecule has 0 radical (unpaired) electrons. The number of nitrogens with one attached hydrogen (secondary N) is 2. The molecule has 100 valence electrons. The lowest BCUT2D eigenvalue weighted by molar-refractivity contribution is 0.102. The number of hydrogen-bond acceptors (Lipinski definition) is 4. The summed E-state index contributed by atoms with van der Waals surface area (Å²) in [7, 11) is 0. The zero-order valence-corrected chi connectivity index (χ0v) is 13.1. The quantitative estimate of drug-likeness (QED) is 0.696. The van der Waals surface area contributed by atoms with Crippen LogP contribution in [0, 0.1) is 0 Å². The van der Waals surface area contributed by atoms with Gasteiger partial charge < -0.3 is 5.32 Å². The molecule has 8 heteroatoms. The van der Waals surface area contributed by atoms with Crippen LogP contribution in [0.15, 0.2) is 39.7 Å². The molecule has 3 rings (SSSR count). The minimum absolute atomic E-state index is 0.317. The van der Waals surface area contributed by atoms with Crippen LogP contribution in [0.2, 0.25) is 0 Å². The zero-order chi connectivity index (χ0) is 14.1. The smallest absolute Gasteiger partial charge is 0.278 e. The van der Waals surface area contributed by atoms with Crippen LogP contribution in [-0.2, 0) is 0 Å². The average Bonchev–Trinajstić information content (AvgIpc) is 2.86. The molecule has 1 aromatic carbocycles. The Labute approximate surface area is 130 Å². The van der Waals surface area contributed by atoms with Crippen molar-refractivity contribution < 1.29 is 4.79 Å². The van der Waals surface area contributed by atoms with E-state index in [2.05, 4.69) is 57.3 Å². The summed E-state index contributed by atoms with van der Waals surface area (Å²) in [5, 5.41) is 10.3. The highest BCUT2D eigenvalue weighted by Gasteiger charge is 2.16. The normalized spacial score (nSPS) is 10.7. The number of rotatable bonds is 2. The van der Waals surface area contributed by atoms with Crippen LogP contribution in [0.5, 0.6) is 0 Å². The second-order valence-electron chi connectivity index (χ2n) is 3.90. The number of carbonyl (C=O) groups is 1. The Morgan fingerprint density at radius 2 is 2.05 bits per heavy atom. The summed E-state index contributed by atoms with van der Waals surface area (Å²) < 4.78 is 1.02. The van der Waals surface area contributed by atoms with Gasteiger partial charge in [0.2, 0.25) is 0 Å². The summed E-state index contributed by atoms with van der Waals surface area (Å²) in [6, 6.07) is 7.41. The maximum absolute atomic E-state index is 12.2. The van der Waals surface area contributed by atoms with Crippen molar-refractivity contribution in [1.29, 1.82) is 0 Å². The minimum atomic E-state index is -0.347. The number of aromatic nitrogens is 4. The van der Waals surface area contributed by atoms with Gasteiger partial charge >= 0.3 is 0 Å². The fraction of sp³-hybridized carbons (Fsp3) is 0. The number of H-pyrrole nitrogens is 1. The maximum Gasteiger partial charge on any atom is 0.278 e. The third kappa shape index (κ3) is 2.44. The molecular weight excluding hydrogens is 390 g/mol. The highest BCUT2D eigenvalue weighted by Crippen LogP contribution is 2.21. The van der Waals surface area contributed by atoms with Crippen molar-refractivity contribution in [3.8, 4) is 0 Å². The van der Waals surface area contributed by atoms with Crippen molar-refractivity contribution in [3.63, 3.8) is 0 Å². The van der Waals surface area contributed by atoms with Crippen molar-refractivity contribution in [1.82, 2.24) is 20.2 Å². The van der Waals surface area contributed by atoms with E-state index in [1.807, 2.05) is 24.3 Å². The molecule has 0 aliphatic heterocycles. The number of amides is 1. The van der Waals surface area contributed by atoms with E-state index in [1.54, 1.807) is 0 Å². The molecule has 3 aromatic rings. The van der Waals surface area contributed by atoms with E-state index in [1.165, 1.54) is 6.20 Å². The Bertz CT molecular complexity index is 801. The molecule has 2 aromatic heterocycles. The van der Waals surface area contributed by atoms with Crippen LogP contribution in [0.3, 0.4) is 0 Å². The molecule has 0 aliphatic carbocycles. The van der Waals surface area contributed by atoms with E-state index >= 15 is 0 Å². The molecule has 20 heavy (non-hydrogen) atoms. The second-order valence-corrected chi connectivity index (χ2v) is 5.47. The van der Waals surface area contributed by atoms with Gasteiger partial charge in [0.05, 0.1) is 11.7 Å². The highest BCUT2D eigenvalue weighted by atomic mass is 79.9. The van der Waals surface area contributed by atoms with Gasteiger partial charge in [-0.05, 0) is 37.9 Å². The first-order chi connectivity index (χ1) is 9.65. The van der Waals surface area contributed by atoms with Crippen molar-refractivity contribution in [2.24, 2.45) is 0 Å². The maximum atomic E-state index is 12.2. The van der Waals surface area contributed by atoms with Gasteiger partial charge in [-0.15, -0.1) is 0 Å². The fourth-order valence-corrected chi connectivity index (χ4v) is 2.64. The molecule has 2 heterocycles. The van der Waals surface area contributed by atoms with E-state index in [0.717, 1.165) is 10.9 Å². The van der Waals surface area contributed by atoms with E-state index in [9.17, 15) is 4.79 Å². The van der Waals surface area contributed by atoms with Crippen molar-refractivity contribution in [2.75, 3.05) is 5.32 Å². The van der Waals surface area contributed by atoms with Crippen LogP contribution in [0.4, 0.5) is 5.82 Å². The fourth-order valence-electron chi connectivity index (χ4n) is 1.73. The van der Waals surface area contributed by atoms with Crippen LogP contribution >= 0.6 is 31.9 Å². The van der Waals surface area contributed by atoms with Gasteiger partial charge in [-0.2, -0.15) is 5.10 Å². The lowest BCUT2D eigenvalue weighted by atomic mass is 10.2. The highest BCUT2D eigenvalue weighted by molar-refractivity contribution is 9.11. The SMILES string of the molecule is O=C(Nc1ncc(Br)nc1Br)c1n[nH]c2ccccc12. The largest absolute Gasteiger partial charge is 0.303 e. The van der Waals surface area contributed by atoms with Gasteiger partial charge in [-0.25, -0.2) is 9.97 Å². The molecule has 0 unspecified atom stereocenters. The molecular formula is C12H7Br2N5O. The molecule has 0 atom stereocenters. The molecule has 2 N–H and O–H groups in total. The molecule has 0 fully saturated rings. The van der Waals surface area contributed by atoms with E-state index in [0.29, 0.717) is 20.7 Å². The van der Waals surface area contributed by atoms with E-state index in [-0.39, 0.29) is 5.91 Å². The number of carbonyl (C=O) groups excluding carboxylic acids is 1. The number of fused-ring (bicyclic) bond motifs is 1. The van der Waals surface area contributed by atoms with E-state index in [4.69, 9.17) is 0 Å². The topological polar surface area (TPSA) is 83.6 Å². The summed E-state index contributed by atoms with van der Waals surface area (Å²) in [5.41, 5.74) is 1.12. The molecule has 0 saturated carbocycles. The lowest BCUT2D eigenvalue weighted by Gasteiger charge is -2.04. The van der Waals surface area contributed by atoms with Gasteiger partial charge in [-0.3, -0.25) is 9.89 Å². The minimum Gasteiger partial charge on any atom is -0.303 e. The average molecular weight is 397 g/mol. The number of benzene rings is 1. The second kappa shape index (κ2) is 5.29. The van der Waals surface area contributed by atoms with Gasteiger partial charge in [0.25, 0.3) is 5.91 Å². The van der Waals surface area contributed by atoms with Crippen molar-refractivity contribution in [2.45, 2.75) is 0 Å². The third-order valence-corrected chi connectivity index (χ3v) is 3.55. The predicted octanol–water partition coefficient (Wildman–Crippen LogP) is 3.13. The van der Waals surface area contributed by atoms with Crippen LogP contribution in [-0.4, -0.2) is 26.1 Å². The predicted molar refractivity (Wildman–Crippen MR) is 81.5 cm³/mol. The summed E-state index contributed by atoms with van der Waals surface area (Å²) in [6.45, 7) is 0. The summed E-state index contributed by atoms with van der Waals surface area (Å²) in [5.74, 6) is -0.00921. The molecule has 0 bridgehead atoms.